The normalized spacial score (nSPS) is 10.6. The summed E-state index contributed by atoms with van der Waals surface area (Å²) in [4.78, 5) is 16.2. The van der Waals surface area contributed by atoms with Gasteiger partial charge in [-0.25, -0.2) is 4.98 Å². The molecule has 0 aliphatic carbocycles. The van der Waals surface area contributed by atoms with E-state index in [1.54, 1.807) is 6.33 Å². The molecule has 0 unspecified atom stereocenters. The third-order valence-electron chi connectivity index (χ3n) is 3.35. The van der Waals surface area contributed by atoms with Gasteiger partial charge in [0.1, 0.15) is 5.75 Å². The number of carbonyl (C=O) groups excluding carboxylic acids is 1. The Morgan fingerprint density at radius 2 is 2.05 bits per heavy atom. The summed E-state index contributed by atoms with van der Waals surface area (Å²) in [5, 5.41) is 2.86. The monoisotopic (exact) mass is 295 g/mol. The first-order chi connectivity index (χ1) is 10.7. The van der Waals surface area contributed by atoms with Crippen LogP contribution in [-0.4, -0.2) is 22.1 Å². The number of aryl methyl sites for hydroxylation is 1. The van der Waals surface area contributed by atoms with Crippen molar-refractivity contribution in [2.24, 2.45) is 7.05 Å². The summed E-state index contributed by atoms with van der Waals surface area (Å²) in [5.41, 5.74) is 2.64. The number of nitrogens with zero attached hydrogens (tertiary/aromatic N) is 2. The van der Waals surface area contributed by atoms with Gasteiger partial charge in [-0.3, -0.25) is 4.79 Å². The standard InChI is InChI=1S/C17H17N3O2/c1-20-12-18-15-11-13(7-8-16(15)20)19-17(21)9-10-22-14-5-3-2-4-6-14/h2-8,11-12H,9-10H2,1H3,(H,19,21). The fourth-order valence-electron chi connectivity index (χ4n) is 2.22. The van der Waals surface area contributed by atoms with Crippen molar-refractivity contribution >= 4 is 22.6 Å². The second-order valence-electron chi connectivity index (χ2n) is 5.02. The van der Waals surface area contributed by atoms with Crippen molar-refractivity contribution in [1.82, 2.24) is 9.55 Å². The largest absolute Gasteiger partial charge is 0.493 e. The molecule has 22 heavy (non-hydrogen) atoms. The lowest BCUT2D eigenvalue weighted by molar-refractivity contribution is -0.116. The lowest BCUT2D eigenvalue weighted by Gasteiger charge is -2.07. The van der Waals surface area contributed by atoms with Crippen molar-refractivity contribution in [1.29, 1.82) is 0 Å². The second-order valence-corrected chi connectivity index (χ2v) is 5.02. The SMILES string of the molecule is Cn1cnc2cc(NC(=O)CCOc3ccccc3)ccc21. The fourth-order valence-corrected chi connectivity index (χ4v) is 2.22. The van der Waals surface area contributed by atoms with Gasteiger partial charge in [0.05, 0.1) is 30.4 Å². The number of ether oxygens (including phenoxy) is 1. The van der Waals surface area contributed by atoms with Crippen LogP contribution in [0, 0.1) is 0 Å². The first kappa shape index (κ1) is 14.1. The molecule has 0 fully saturated rings. The number of aromatic nitrogens is 2. The predicted octanol–water partition coefficient (Wildman–Crippen LogP) is 2.98. The molecule has 1 aromatic heterocycles. The van der Waals surface area contributed by atoms with Crippen LogP contribution in [0.1, 0.15) is 6.42 Å². The van der Waals surface area contributed by atoms with Crippen LogP contribution in [0.4, 0.5) is 5.69 Å². The molecule has 0 saturated carbocycles. The second kappa shape index (κ2) is 6.30. The fraction of sp³-hybridized carbons (Fsp3) is 0.176. The highest BCUT2D eigenvalue weighted by Gasteiger charge is 2.05. The molecule has 1 amide bonds. The van der Waals surface area contributed by atoms with E-state index in [1.807, 2.05) is 60.1 Å². The Morgan fingerprint density at radius 3 is 2.86 bits per heavy atom. The molecular weight excluding hydrogens is 278 g/mol. The predicted molar refractivity (Wildman–Crippen MR) is 85.9 cm³/mol. The van der Waals surface area contributed by atoms with Crippen molar-refractivity contribution in [3.63, 3.8) is 0 Å². The number of para-hydroxylation sites is 1. The molecule has 1 heterocycles. The smallest absolute Gasteiger partial charge is 0.227 e. The van der Waals surface area contributed by atoms with Crippen molar-refractivity contribution < 1.29 is 9.53 Å². The van der Waals surface area contributed by atoms with Gasteiger partial charge in [0, 0.05) is 12.7 Å². The Morgan fingerprint density at radius 1 is 1.23 bits per heavy atom. The molecule has 1 N–H and O–H groups in total. The van der Waals surface area contributed by atoms with Gasteiger partial charge in [-0.2, -0.15) is 0 Å². The molecule has 0 atom stereocenters. The number of fused-ring (bicyclic) bond motifs is 1. The minimum atomic E-state index is -0.0776. The summed E-state index contributed by atoms with van der Waals surface area (Å²) >= 11 is 0. The average Bonchev–Trinajstić information content (AvgIpc) is 2.89. The van der Waals surface area contributed by atoms with Crippen molar-refractivity contribution in [3.8, 4) is 5.75 Å². The number of imidazole rings is 1. The van der Waals surface area contributed by atoms with Gasteiger partial charge in [0.25, 0.3) is 0 Å². The molecule has 112 valence electrons. The van der Waals surface area contributed by atoms with Crippen LogP contribution in [0.3, 0.4) is 0 Å². The maximum Gasteiger partial charge on any atom is 0.227 e. The van der Waals surface area contributed by atoms with E-state index in [2.05, 4.69) is 10.3 Å². The number of rotatable bonds is 5. The van der Waals surface area contributed by atoms with Crippen LogP contribution < -0.4 is 10.1 Å². The van der Waals surface area contributed by atoms with Gasteiger partial charge in [-0.15, -0.1) is 0 Å². The Hall–Kier alpha value is -2.82. The third kappa shape index (κ3) is 3.25. The highest BCUT2D eigenvalue weighted by Crippen LogP contribution is 2.17. The zero-order valence-corrected chi connectivity index (χ0v) is 12.3. The Kier molecular flexibility index (Phi) is 4.05. The zero-order valence-electron chi connectivity index (χ0n) is 12.3. The number of carbonyl (C=O) groups is 1. The summed E-state index contributed by atoms with van der Waals surface area (Å²) in [6.45, 7) is 0.349. The van der Waals surface area contributed by atoms with Crippen LogP contribution in [0.25, 0.3) is 11.0 Å². The summed E-state index contributed by atoms with van der Waals surface area (Å²) < 4.78 is 7.45. The van der Waals surface area contributed by atoms with Crippen molar-refractivity contribution in [2.45, 2.75) is 6.42 Å². The topological polar surface area (TPSA) is 56.2 Å². The number of hydrogen-bond acceptors (Lipinski definition) is 3. The maximum atomic E-state index is 11.9. The molecule has 5 nitrogen and oxygen atoms in total. The van der Waals surface area contributed by atoms with E-state index in [0.717, 1.165) is 22.5 Å². The van der Waals surface area contributed by atoms with Crippen LogP contribution in [0.2, 0.25) is 0 Å². The lowest BCUT2D eigenvalue weighted by Crippen LogP contribution is -2.15. The summed E-state index contributed by atoms with van der Waals surface area (Å²) in [7, 11) is 1.94. The van der Waals surface area contributed by atoms with Gasteiger partial charge >= 0.3 is 0 Å². The molecule has 5 heteroatoms. The van der Waals surface area contributed by atoms with Crippen LogP contribution in [0.5, 0.6) is 5.75 Å². The van der Waals surface area contributed by atoms with E-state index >= 15 is 0 Å². The Bertz CT molecular complexity index is 781. The summed E-state index contributed by atoms with van der Waals surface area (Å²) in [5.74, 6) is 0.691. The van der Waals surface area contributed by atoms with E-state index in [-0.39, 0.29) is 5.91 Å². The van der Waals surface area contributed by atoms with Crippen LogP contribution >= 0.6 is 0 Å². The number of anilines is 1. The molecule has 0 bridgehead atoms. The van der Waals surface area contributed by atoms with E-state index in [0.29, 0.717) is 13.0 Å². The third-order valence-corrected chi connectivity index (χ3v) is 3.35. The molecule has 0 saturated heterocycles. The van der Waals surface area contributed by atoms with Crippen molar-refractivity contribution in [3.05, 3.63) is 54.9 Å². The highest BCUT2D eigenvalue weighted by molar-refractivity contribution is 5.93. The summed E-state index contributed by atoms with van der Waals surface area (Å²) in [6, 6.07) is 15.1. The first-order valence-corrected chi connectivity index (χ1v) is 7.11. The number of amides is 1. The van der Waals surface area contributed by atoms with Crippen molar-refractivity contribution in [2.75, 3.05) is 11.9 Å². The van der Waals surface area contributed by atoms with E-state index in [1.165, 1.54) is 0 Å². The van der Waals surface area contributed by atoms with Gasteiger partial charge in [-0.05, 0) is 30.3 Å². The van der Waals surface area contributed by atoms with Crippen LogP contribution in [0.15, 0.2) is 54.9 Å². The van der Waals surface area contributed by atoms with Gasteiger partial charge in [0.15, 0.2) is 0 Å². The Labute approximate surface area is 128 Å². The Balaban J connectivity index is 1.54. The number of benzene rings is 2. The maximum absolute atomic E-state index is 11.9. The van der Waals surface area contributed by atoms with Crippen LogP contribution in [-0.2, 0) is 11.8 Å². The van der Waals surface area contributed by atoms with E-state index < -0.39 is 0 Å². The van der Waals surface area contributed by atoms with Gasteiger partial charge < -0.3 is 14.6 Å². The molecule has 0 aliphatic rings. The number of nitrogens with one attached hydrogen (secondary N) is 1. The molecule has 3 aromatic rings. The highest BCUT2D eigenvalue weighted by atomic mass is 16.5. The minimum absolute atomic E-state index is 0.0776. The molecule has 3 rings (SSSR count). The first-order valence-electron chi connectivity index (χ1n) is 7.11. The molecule has 2 aromatic carbocycles. The van der Waals surface area contributed by atoms with Gasteiger partial charge in [-0.1, -0.05) is 18.2 Å². The van der Waals surface area contributed by atoms with E-state index in [9.17, 15) is 4.79 Å². The number of hydrogen-bond donors (Lipinski definition) is 1. The quantitative estimate of drug-likeness (QED) is 0.787. The molecule has 0 spiro atoms. The van der Waals surface area contributed by atoms with Gasteiger partial charge in [0.2, 0.25) is 5.91 Å². The molecule has 0 radical (unpaired) electrons. The lowest BCUT2D eigenvalue weighted by atomic mass is 10.2. The zero-order chi connectivity index (χ0) is 15.4. The minimum Gasteiger partial charge on any atom is -0.493 e. The van der Waals surface area contributed by atoms with E-state index in [4.69, 9.17) is 4.74 Å². The molecule has 0 aliphatic heterocycles. The molecular formula is C17H17N3O2. The summed E-state index contributed by atoms with van der Waals surface area (Å²) in [6.07, 6.45) is 2.05. The average molecular weight is 295 g/mol.